The zero-order valence-electron chi connectivity index (χ0n) is 16.0. The average molecular weight is 378 g/mol. The molecule has 30 heavy (non-hydrogen) atoms. The molecule has 0 fully saturated rings. The first-order valence-corrected chi connectivity index (χ1v) is 9.82. The van der Waals surface area contributed by atoms with Gasteiger partial charge in [0.2, 0.25) is 0 Å². The molecule has 6 aromatic carbocycles. The Bertz CT molecular complexity index is 1630. The maximum Gasteiger partial charge on any atom is 0.0991 e. The SMILES string of the molecule is N#Cc1ccc2c(ccc3c2ccc2c4ccc5cc(C#N)ccc5c4ccc32)c1. The lowest BCUT2D eigenvalue weighted by Gasteiger charge is -2.11. The van der Waals surface area contributed by atoms with Crippen molar-refractivity contribution in [1.82, 2.24) is 0 Å². The summed E-state index contributed by atoms with van der Waals surface area (Å²) in [5, 5.41) is 30.1. The van der Waals surface area contributed by atoms with Gasteiger partial charge in [-0.2, -0.15) is 10.5 Å². The molecule has 0 spiro atoms. The Balaban J connectivity index is 1.71. The highest BCUT2D eigenvalue weighted by atomic mass is 14.2. The van der Waals surface area contributed by atoms with Crippen molar-refractivity contribution >= 4 is 53.9 Å². The van der Waals surface area contributed by atoms with Gasteiger partial charge in [-0.3, -0.25) is 0 Å². The summed E-state index contributed by atoms with van der Waals surface area (Å²) < 4.78 is 0. The van der Waals surface area contributed by atoms with Gasteiger partial charge in [0, 0.05) is 0 Å². The van der Waals surface area contributed by atoms with Gasteiger partial charge in [0.05, 0.1) is 23.3 Å². The van der Waals surface area contributed by atoms with Crippen LogP contribution in [0.1, 0.15) is 11.1 Å². The molecule has 0 unspecified atom stereocenters. The summed E-state index contributed by atoms with van der Waals surface area (Å²) in [6.45, 7) is 0. The summed E-state index contributed by atoms with van der Waals surface area (Å²) >= 11 is 0. The van der Waals surface area contributed by atoms with E-state index in [1.807, 2.05) is 36.4 Å². The molecule has 0 bridgehead atoms. The predicted molar refractivity (Wildman–Crippen MR) is 123 cm³/mol. The number of hydrogen-bond acceptors (Lipinski definition) is 2. The lowest BCUT2D eigenvalue weighted by molar-refractivity contribution is 1.50. The maximum atomic E-state index is 9.19. The zero-order chi connectivity index (χ0) is 20.2. The van der Waals surface area contributed by atoms with Gasteiger partial charge in [-0.15, -0.1) is 0 Å². The van der Waals surface area contributed by atoms with Crippen LogP contribution in [0.3, 0.4) is 0 Å². The lowest BCUT2D eigenvalue weighted by atomic mass is 9.92. The van der Waals surface area contributed by atoms with E-state index in [4.69, 9.17) is 0 Å². The van der Waals surface area contributed by atoms with Crippen LogP contribution in [-0.4, -0.2) is 0 Å². The van der Waals surface area contributed by atoms with E-state index in [9.17, 15) is 10.5 Å². The van der Waals surface area contributed by atoms with Gasteiger partial charge in [-0.05, 0) is 78.1 Å². The molecule has 0 atom stereocenters. The van der Waals surface area contributed by atoms with E-state index in [0.717, 1.165) is 21.5 Å². The molecule has 2 nitrogen and oxygen atoms in total. The quantitative estimate of drug-likeness (QED) is 0.262. The van der Waals surface area contributed by atoms with Gasteiger partial charge in [-0.1, -0.05) is 60.7 Å². The molecule has 0 aromatic heterocycles. The minimum atomic E-state index is 0.681. The fourth-order valence-electron chi connectivity index (χ4n) is 4.66. The van der Waals surface area contributed by atoms with Crippen LogP contribution >= 0.6 is 0 Å². The Hall–Kier alpha value is -4.40. The molecule has 0 saturated heterocycles. The van der Waals surface area contributed by atoms with Crippen molar-refractivity contribution < 1.29 is 0 Å². The molecule has 6 aromatic rings. The molecule has 0 aliphatic carbocycles. The van der Waals surface area contributed by atoms with Crippen LogP contribution in [0.5, 0.6) is 0 Å². The minimum Gasteiger partial charge on any atom is -0.192 e. The Morgan fingerprint density at radius 2 is 0.667 bits per heavy atom. The molecule has 0 aliphatic heterocycles. The Morgan fingerprint density at radius 3 is 1.03 bits per heavy atom. The van der Waals surface area contributed by atoms with Gasteiger partial charge in [0.15, 0.2) is 0 Å². The third kappa shape index (κ3) is 2.23. The highest BCUT2D eigenvalue weighted by molar-refractivity contribution is 6.25. The van der Waals surface area contributed by atoms with Crippen LogP contribution in [0.2, 0.25) is 0 Å². The molecule has 0 amide bonds. The summed E-state index contributed by atoms with van der Waals surface area (Å²) in [7, 11) is 0. The number of rotatable bonds is 0. The van der Waals surface area contributed by atoms with E-state index in [2.05, 4.69) is 60.7 Å². The zero-order valence-corrected chi connectivity index (χ0v) is 16.0. The molecule has 0 radical (unpaired) electrons. The number of nitriles is 2. The Kier molecular flexibility index (Phi) is 3.33. The maximum absolute atomic E-state index is 9.19. The first kappa shape index (κ1) is 16.5. The third-order valence-corrected chi connectivity index (χ3v) is 6.08. The van der Waals surface area contributed by atoms with E-state index in [1.54, 1.807) is 0 Å². The van der Waals surface area contributed by atoms with Crippen molar-refractivity contribution in [3.63, 3.8) is 0 Å². The number of fused-ring (bicyclic) bond motifs is 9. The normalized spacial score (nSPS) is 11.3. The van der Waals surface area contributed by atoms with Crippen molar-refractivity contribution in [3.05, 3.63) is 96.1 Å². The van der Waals surface area contributed by atoms with Crippen molar-refractivity contribution in [3.8, 4) is 12.1 Å². The fraction of sp³-hybridized carbons (Fsp3) is 0. The van der Waals surface area contributed by atoms with Crippen molar-refractivity contribution in [2.45, 2.75) is 0 Å². The van der Waals surface area contributed by atoms with Gasteiger partial charge in [0.25, 0.3) is 0 Å². The predicted octanol–water partition coefficient (Wildman–Crippen LogP) is 7.20. The van der Waals surface area contributed by atoms with Crippen molar-refractivity contribution in [1.29, 1.82) is 10.5 Å². The van der Waals surface area contributed by atoms with Gasteiger partial charge < -0.3 is 0 Å². The number of benzene rings is 6. The van der Waals surface area contributed by atoms with Gasteiger partial charge >= 0.3 is 0 Å². The first-order valence-electron chi connectivity index (χ1n) is 9.82. The summed E-state index contributed by atoms with van der Waals surface area (Å²) in [6, 6.07) is 33.5. The minimum absolute atomic E-state index is 0.681. The largest absolute Gasteiger partial charge is 0.192 e. The Labute approximate surface area is 172 Å². The fourth-order valence-corrected chi connectivity index (χ4v) is 4.66. The standard InChI is InChI=1S/C28H14N2/c29-15-17-1-5-21-19(13-17)3-7-25-23(21)9-11-28-26-8-4-20-14-18(16-30)2-6-22(20)24(26)10-12-27(25)28/h1-14H. The van der Waals surface area contributed by atoms with Crippen LogP contribution in [0.25, 0.3) is 53.9 Å². The summed E-state index contributed by atoms with van der Waals surface area (Å²) in [4.78, 5) is 0. The van der Waals surface area contributed by atoms with Crippen molar-refractivity contribution in [2.24, 2.45) is 0 Å². The third-order valence-electron chi connectivity index (χ3n) is 6.08. The highest BCUT2D eigenvalue weighted by Crippen LogP contribution is 2.37. The molecular formula is C28H14N2. The van der Waals surface area contributed by atoms with Crippen LogP contribution in [0.15, 0.2) is 84.9 Å². The van der Waals surface area contributed by atoms with E-state index >= 15 is 0 Å². The van der Waals surface area contributed by atoms with Crippen LogP contribution in [0, 0.1) is 22.7 Å². The molecule has 136 valence electrons. The van der Waals surface area contributed by atoms with E-state index in [0.29, 0.717) is 11.1 Å². The number of hydrogen-bond donors (Lipinski definition) is 0. The molecule has 0 heterocycles. The second kappa shape index (κ2) is 6.05. The average Bonchev–Trinajstić information content (AvgIpc) is 2.82. The smallest absolute Gasteiger partial charge is 0.0991 e. The molecule has 0 saturated carbocycles. The lowest BCUT2D eigenvalue weighted by Crippen LogP contribution is -1.85. The molecular weight excluding hydrogens is 364 g/mol. The second-order valence-electron chi connectivity index (χ2n) is 7.64. The van der Waals surface area contributed by atoms with Crippen LogP contribution in [0.4, 0.5) is 0 Å². The first-order chi connectivity index (χ1) is 14.8. The Morgan fingerprint density at radius 1 is 0.367 bits per heavy atom. The molecule has 0 aliphatic rings. The monoisotopic (exact) mass is 378 g/mol. The van der Waals surface area contributed by atoms with Gasteiger partial charge in [0.1, 0.15) is 0 Å². The molecule has 0 N–H and O–H groups in total. The summed E-state index contributed by atoms with van der Waals surface area (Å²) in [5.41, 5.74) is 1.36. The van der Waals surface area contributed by atoms with Crippen molar-refractivity contribution in [2.75, 3.05) is 0 Å². The van der Waals surface area contributed by atoms with Crippen LogP contribution < -0.4 is 0 Å². The topological polar surface area (TPSA) is 47.6 Å². The van der Waals surface area contributed by atoms with Crippen LogP contribution in [-0.2, 0) is 0 Å². The summed E-state index contributed by atoms with van der Waals surface area (Å²) in [5.74, 6) is 0. The van der Waals surface area contributed by atoms with E-state index < -0.39 is 0 Å². The second-order valence-corrected chi connectivity index (χ2v) is 7.64. The summed E-state index contributed by atoms with van der Waals surface area (Å²) in [6.07, 6.45) is 0. The molecule has 6 rings (SSSR count). The number of nitrogens with zero attached hydrogens (tertiary/aromatic N) is 2. The molecule has 2 heteroatoms. The highest BCUT2D eigenvalue weighted by Gasteiger charge is 2.09. The van der Waals surface area contributed by atoms with E-state index in [1.165, 1.54) is 32.3 Å². The van der Waals surface area contributed by atoms with Gasteiger partial charge in [-0.25, -0.2) is 0 Å². The van der Waals surface area contributed by atoms with E-state index in [-0.39, 0.29) is 0 Å².